The predicted molar refractivity (Wildman–Crippen MR) is 208 cm³/mol. The molecule has 1 saturated heterocycles. The van der Waals surface area contributed by atoms with Crippen molar-refractivity contribution >= 4 is 23.8 Å². The Kier molecular flexibility index (Phi) is 10.6. The van der Waals surface area contributed by atoms with Crippen molar-refractivity contribution in [3.05, 3.63) is 12.2 Å². The zero-order valence-corrected chi connectivity index (χ0v) is 34.7. The van der Waals surface area contributed by atoms with Crippen molar-refractivity contribution in [3.8, 4) is 0 Å². The molecule has 0 aromatic heterocycles. The number of carbonyl (C=O) groups is 4. The number of hydrogen-bond acceptors (Lipinski definition) is 5. The number of esters is 1. The highest BCUT2D eigenvalue weighted by Crippen LogP contribution is 2.78. The van der Waals surface area contributed by atoms with Gasteiger partial charge in [-0.2, -0.15) is 0 Å². The zero-order chi connectivity index (χ0) is 38.9. The molecule has 53 heavy (non-hydrogen) atoms. The van der Waals surface area contributed by atoms with Crippen LogP contribution in [0.1, 0.15) is 159 Å². The van der Waals surface area contributed by atoms with E-state index < -0.39 is 11.4 Å². The van der Waals surface area contributed by atoms with Gasteiger partial charge in [-0.1, -0.05) is 60.6 Å². The van der Waals surface area contributed by atoms with Crippen LogP contribution in [0.5, 0.6) is 0 Å². The molecule has 2 N–H and O–H groups in total. The molecular formula is C45H72N2O6. The molecule has 0 aromatic rings. The van der Waals surface area contributed by atoms with Crippen molar-refractivity contribution in [2.45, 2.75) is 171 Å². The van der Waals surface area contributed by atoms with Gasteiger partial charge in [-0.15, -0.1) is 0 Å². The number of carboxylic acids is 1. The summed E-state index contributed by atoms with van der Waals surface area (Å²) in [6, 6.07) is 0.170. The maximum absolute atomic E-state index is 14.2. The Morgan fingerprint density at radius 2 is 1.49 bits per heavy atom. The lowest BCUT2D eigenvalue weighted by molar-refractivity contribution is -0.250. The lowest BCUT2D eigenvalue weighted by atomic mass is 9.32. The number of allylic oxidation sites excluding steroid dienone is 1. The van der Waals surface area contributed by atoms with E-state index in [2.05, 4.69) is 58.3 Å². The third kappa shape index (κ3) is 6.91. The number of carboxylic acid groups (broad SMARTS) is 1. The molecule has 2 amide bonds. The first-order chi connectivity index (χ1) is 24.6. The highest BCUT2D eigenvalue weighted by Gasteiger charge is 2.71. The van der Waals surface area contributed by atoms with Gasteiger partial charge in [-0.3, -0.25) is 19.2 Å². The molecule has 0 radical (unpaired) electrons. The highest BCUT2D eigenvalue weighted by molar-refractivity contribution is 5.77. The van der Waals surface area contributed by atoms with Gasteiger partial charge in [0.15, 0.2) is 0 Å². The molecule has 0 unspecified atom stereocenters. The minimum Gasteiger partial charge on any atom is -0.481 e. The van der Waals surface area contributed by atoms with Gasteiger partial charge in [-0.25, -0.2) is 0 Å². The van der Waals surface area contributed by atoms with Crippen LogP contribution in [0, 0.1) is 62.1 Å². The van der Waals surface area contributed by atoms with Crippen molar-refractivity contribution in [2.75, 3.05) is 13.1 Å². The second-order valence-electron chi connectivity index (χ2n) is 21.3. The van der Waals surface area contributed by atoms with Crippen LogP contribution in [0.2, 0.25) is 0 Å². The van der Waals surface area contributed by atoms with E-state index in [9.17, 15) is 24.3 Å². The van der Waals surface area contributed by atoms with E-state index in [4.69, 9.17) is 4.74 Å². The number of carbonyl (C=O) groups excluding carboxylic acids is 3. The van der Waals surface area contributed by atoms with E-state index in [-0.39, 0.29) is 63.9 Å². The van der Waals surface area contributed by atoms with E-state index in [0.29, 0.717) is 41.9 Å². The monoisotopic (exact) mass is 737 g/mol. The summed E-state index contributed by atoms with van der Waals surface area (Å²) in [5, 5.41) is 12.4. The molecule has 0 aromatic carbocycles. The van der Waals surface area contributed by atoms with Crippen molar-refractivity contribution in [1.29, 1.82) is 0 Å². The topological polar surface area (TPSA) is 113 Å². The minimum atomic E-state index is -0.887. The Morgan fingerprint density at radius 1 is 0.811 bits per heavy atom. The number of amides is 2. The summed E-state index contributed by atoms with van der Waals surface area (Å²) in [6.07, 6.45) is 13.4. The van der Waals surface area contributed by atoms with Crippen LogP contribution in [-0.2, 0) is 23.9 Å². The number of piperidine rings is 1. The number of rotatable bonds is 9. The fourth-order valence-corrected chi connectivity index (χ4v) is 14.8. The Hall–Kier alpha value is -2.38. The molecule has 298 valence electrons. The maximum atomic E-state index is 14.2. The van der Waals surface area contributed by atoms with Crippen LogP contribution in [0.3, 0.4) is 0 Å². The number of aliphatic carboxylic acids is 1. The van der Waals surface area contributed by atoms with E-state index >= 15 is 0 Å². The first-order valence-electron chi connectivity index (χ1n) is 21.2. The lowest BCUT2D eigenvalue weighted by Gasteiger charge is -2.73. The Balaban J connectivity index is 1.20. The van der Waals surface area contributed by atoms with E-state index in [0.717, 1.165) is 64.5 Å². The number of hydrogen-bond donors (Lipinski definition) is 2. The van der Waals surface area contributed by atoms with Crippen LogP contribution < -0.4 is 5.32 Å². The quantitative estimate of drug-likeness (QED) is 0.181. The van der Waals surface area contributed by atoms with E-state index in [1.807, 2.05) is 13.8 Å². The number of fused-ring (bicyclic) bond motifs is 7. The molecule has 0 bridgehead atoms. The van der Waals surface area contributed by atoms with Crippen LogP contribution >= 0.6 is 0 Å². The molecule has 1 heterocycles. The molecule has 8 heteroatoms. The summed E-state index contributed by atoms with van der Waals surface area (Å²) in [5.41, 5.74) is 1.03. The predicted octanol–water partition coefficient (Wildman–Crippen LogP) is 8.96. The van der Waals surface area contributed by atoms with Gasteiger partial charge >= 0.3 is 11.9 Å². The number of nitrogens with one attached hydrogen (secondary N) is 1. The summed E-state index contributed by atoms with van der Waals surface area (Å²) >= 11 is 0. The molecule has 6 fully saturated rings. The Morgan fingerprint density at radius 3 is 2.11 bits per heavy atom. The van der Waals surface area contributed by atoms with Crippen LogP contribution in [-0.4, -0.2) is 59.0 Å². The van der Waals surface area contributed by atoms with Crippen molar-refractivity contribution in [3.63, 3.8) is 0 Å². The second-order valence-corrected chi connectivity index (χ2v) is 21.3. The molecule has 8 nitrogen and oxygen atoms in total. The van der Waals surface area contributed by atoms with Gasteiger partial charge in [0.25, 0.3) is 0 Å². The summed E-state index contributed by atoms with van der Waals surface area (Å²) in [5.74, 6) is 1.72. The number of likely N-dealkylation sites (tertiary alicyclic amines) is 1. The van der Waals surface area contributed by atoms with Gasteiger partial charge in [0.2, 0.25) is 11.8 Å². The van der Waals surface area contributed by atoms with Gasteiger partial charge < -0.3 is 20.1 Å². The fraction of sp³-hybridized carbons (Fsp3) is 0.867. The Bertz CT molecular complexity index is 1480. The van der Waals surface area contributed by atoms with Crippen molar-refractivity contribution < 1.29 is 29.0 Å². The smallest absolute Gasteiger partial charge is 0.306 e. The third-order valence-electron chi connectivity index (χ3n) is 17.5. The fourth-order valence-electron chi connectivity index (χ4n) is 14.8. The molecule has 6 aliphatic rings. The summed E-state index contributed by atoms with van der Waals surface area (Å²) < 4.78 is 6.29. The molecule has 0 spiro atoms. The van der Waals surface area contributed by atoms with Crippen molar-refractivity contribution in [1.82, 2.24) is 10.2 Å². The molecule has 5 saturated carbocycles. The number of ether oxygens (including phenoxy) is 1. The molecular weight excluding hydrogens is 665 g/mol. The van der Waals surface area contributed by atoms with Crippen LogP contribution in [0.25, 0.3) is 0 Å². The average Bonchev–Trinajstić information content (AvgIpc) is 3.41. The van der Waals surface area contributed by atoms with Crippen LogP contribution in [0.15, 0.2) is 12.2 Å². The molecule has 10 atom stereocenters. The zero-order valence-electron chi connectivity index (χ0n) is 34.7. The first kappa shape index (κ1) is 40.3. The van der Waals surface area contributed by atoms with Gasteiger partial charge in [0.1, 0.15) is 6.10 Å². The standard InChI is InChI=1S/C45H72N2O6/c1-28(2)31-13-20-45(25-36(49)47-23-16-30(17-24-47)46-29(3)48)22-21-43(9)32(39(31)45)11-12-34-42(8)18-15-35(41(6,7)33(42)14-19-44(34,43)10)53-38(52)27-40(4,5)26-37(50)51/h30-35,39H,1,11-27H2,2-10H3,(H,46,48)(H,50,51)/t31-,32+,33-,34+,35-,39+,42-,43+,44+,45+/m0/s1. The van der Waals surface area contributed by atoms with Crippen molar-refractivity contribution in [2.24, 2.45) is 62.1 Å². The van der Waals surface area contributed by atoms with Crippen LogP contribution in [0.4, 0.5) is 0 Å². The maximum Gasteiger partial charge on any atom is 0.306 e. The minimum absolute atomic E-state index is 0.0114. The van der Waals surface area contributed by atoms with Gasteiger partial charge in [0.05, 0.1) is 12.8 Å². The second kappa shape index (κ2) is 14.0. The SMILES string of the molecule is C=C(C)[C@@H]1CC[C@]2(CC(=O)N3CCC(NC(C)=O)CC3)CC[C@]3(C)[C@H](CC[C@@H]4[C@@]5(C)CC[C@H](OC(=O)CC(C)(C)CC(=O)O)C(C)(C)[C@@H]5CC[C@]43C)[C@@H]12. The number of nitrogens with zero attached hydrogens (tertiary/aromatic N) is 1. The lowest BCUT2D eigenvalue weighted by Crippen LogP contribution is -2.67. The molecule has 1 aliphatic heterocycles. The van der Waals surface area contributed by atoms with Gasteiger partial charge in [-0.05, 0) is 141 Å². The summed E-state index contributed by atoms with van der Waals surface area (Å²) in [6.45, 7) is 26.0. The largest absolute Gasteiger partial charge is 0.481 e. The highest BCUT2D eigenvalue weighted by atomic mass is 16.5. The normalized spacial score (nSPS) is 40.9. The molecule has 5 aliphatic carbocycles. The van der Waals surface area contributed by atoms with E-state index in [1.165, 1.54) is 31.3 Å². The summed E-state index contributed by atoms with van der Waals surface area (Å²) in [7, 11) is 0. The molecule has 6 rings (SSSR count). The third-order valence-corrected chi connectivity index (χ3v) is 17.5. The first-order valence-corrected chi connectivity index (χ1v) is 21.2. The van der Waals surface area contributed by atoms with Gasteiger partial charge in [0, 0.05) is 37.9 Å². The average molecular weight is 737 g/mol. The van der Waals surface area contributed by atoms with E-state index in [1.54, 1.807) is 6.92 Å². The summed E-state index contributed by atoms with van der Waals surface area (Å²) in [4.78, 5) is 52.6. The Labute approximate surface area is 320 Å².